The molecule has 2 atom stereocenters. The number of amides is 1. The fourth-order valence-corrected chi connectivity index (χ4v) is 3.04. The average Bonchev–Trinajstić information content (AvgIpc) is 3.18. The smallest absolute Gasteiger partial charge is 0.227 e. The van der Waals surface area contributed by atoms with E-state index in [1.54, 1.807) is 13.4 Å². The Morgan fingerprint density at radius 2 is 1.88 bits per heavy atom. The molecule has 1 unspecified atom stereocenters. The van der Waals surface area contributed by atoms with E-state index >= 15 is 0 Å². The molecule has 0 radical (unpaired) electrons. The normalized spacial score (nSPS) is 13.3. The first kappa shape index (κ1) is 18.1. The fraction of sp³-hybridized carbons (Fsp3) is 0.318. The Bertz CT molecular complexity index is 870. The van der Waals surface area contributed by atoms with Crippen LogP contribution in [0.25, 0.3) is 10.8 Å². The molecule has 0 aliphatic rings. The first-order chi connectivity index (χ1) is 12.6. The van der Waals surface area contributed by atoms with Crippen molar-refractivity contribution in [2.75, 3.05) is 7.11 Å². The number of carbonyl (C=O) groups is 1. The number of methoxy groups -OCH3 is 1. The van der Waals surface area contributed by atoms with Gasteiger partial charge in [0.15, 0.2) is 0 Å². The zero-order chi connectivity index (χ0) is 18.5. The van der Waals surface area contributed by atoms with Crippen molar-refractivity contribution in [2.24, 2.45) is 0 Å². The quantitative estimate of drug-likeness (QED) is 0.672. The molecular formula is C22H25NO3. The zero-order valence-corrected chi connectivity index (χ0v) is 15.5. The number of nitrogens with one attached hydrogen (secondary N) is 1. The molecular weight excluding hydrogens is 326 g/mol. The number of carbonyl (C=O) groups excluding carboxylic acids is 1. The van der Waals surface area contributed by atoms with Crippen LogP contribution in [0.4, 0.5) is 0 Å². The van der Waals surface area contributed by atoms with Gasteiger partial charge in [0.1, 0.15) is 11.5 Å². The first-order valence-corrected chi connectivity index (χ1v) is 8.97. The molecule has 3 aromatic rings. The van der Waals surface area contributed by atoms with E-state index in [2.05, 4.69) is 11.4 Å². The molecule has 1 heterocycles. The van der Waals surface area contributed by atoms with Crippen LogP contribution >= 0.6 is 0 Å². The van der Waals surface area contributed by atoms with Gasteiger partial charge in [-0.25, -0.2) is 0 Å². The number of aryl methyl sites for hydroxylation is 1. The molecule has 0 saturated heterocycles. The number of furan rings is 1. The summed E-state index contributed by atoms with van der Waals surface area (Å²) in [4.78, 5) is 12.6. The predicted molar refractivity (Wildman–Crippen MR) is 104 cm³/mol. The van der Waals surface area contributed by atoms with Gasteiger partial charge in [0.05, 0.1) is 19.3 Å². The number of ether oxygens (including phenoxy) is 1. The van der Waals surface area contributed by atoms with E-state index < -0.39 is 0 Å². The van der Waals surface area contributed by atoms with Crippen molar-refractivity contribution < 1.29 is 13.9 Å². The van der Waals surface area contributed by atoms with E-state index in [4.69, 9.17) is 9.15 Å². The minimum absolute atomic E-state index is 0.0461. The maximum absolute atomic E-state index is 12.6. The summed E-state index contributed by atoms with van der Waals surface area (Å²) in [5, 5.41) is 5.32. The third-order valence-electron chi connectivity index (χ3n) is 4.76. The zero-order valence-electron chi connectivity index (χ0n) is 15.5. The molecule has 3 rings (SSSR count). The molecule has 0 fully saturated rings. The van der Waals surface area contributed by atoms with Gasteiger partial charge in [-0.05, 0) is 60.9 Å². The monoisotopic (exact) mass is 351 g/mol. The fourth-order valence-electron chi connectivity index (χ4n) is 3.04. The molecule has 0 aliphatic carbocycles. The third kappa shape index (κ3) is 4.26. The van der Waals surface area contributed by atoms with Crippen molar-refractivity contribution >= 4 is 16.7 Å². The first-order valence-electron chi connectivity index (χ1n) is 8.97. The molecule has 4 nitrogen and oxygen atoms in total. The van der Waals surface area contributed by atoms with Gasteiger partial charge < -0.3 is 14.5 Å². The predicted octanol–water partition coefficient (Wildman–Crippen LogP) is 4.68. The van der Waals surface area contributed by atoms with Crippen LogP contribution in [-0.2, 0) is 11.2 Å². The largest absolute Gasteiger partial charge is 0.497 e. The van der Waals surface area contributed by atoms with Gasteiger partial charge in [0.25, 0.3) is 0 Å². The van der Waals surface area contributed by atoms with Crippen LogP contribution < -0.4 is 10.1 Å². The summed E-state index contributed by atoms with van der Waals surface area (Å²) in [6, 6.07) is 16.0. The van der Waals surface area contributed by atoms with E-state index in [-0.39, 0.29) is 17.9 Å². The van der Waals surface area contributed by atoms with Crippen LogP contribution in [0.2, 0.25) is 0 Å². The molecule has 26 heavy (non-hydrogen) atoms. The second kappa shape index (κ2) is 8.09. The number of rotatable bonds is 7. The Labute approximate surface area is 154 Å². The summed E-state index contributed by atoms with van der Waals surface area (Å²) in [6.45, 7) is 3.97. The molecule has 2 aromatic carbocycles. The number of fused-ring (bicyclic) bond motifs is 1. The summed E-state index contributed by atoms with van der Waals surface area (Å²) in [7, 11) is 1.66. The molecule has 0 aliphatic heterocycles. The van der Waals surface area contributed by atoms with Gasteiger partial charge in [-0.2, -0.15) is 0 Å². The van der Waals surface area contributed by atoms with E-state index in [9.17, 15) is 4.79 Å². The highest BCUT2D eigenvalue weighted by Gasteiger charge is 2.17. The van der Waals surface area contributed by atoms with Crippen molar-refractivity contribution in [1.29, 1.82) is 0 Å². The van der Waals surface area contributed by atoms with E-state index in [0.717, 1.165) is 40.7 Å². The maximum atomic E-state index is 12.6. The maximum Gasteiger partial charge on any atom is 0.227 e. The Balaban J connectivity index is 1.62. The minimum atomic E-state index is -0.201. The van der Waals surface area contributed by atoms with E-state index in [1.165, 1.54) is 0 Å². The van der Waals surface area contributed by atoms with Gasteiger partial charge in [0, 0.05) is 12.5 Å². The lowest BCUT2D eigenvalue weighted by Gasteiger charge is -2.18. The Kier molecular flexibility index (Phi) is 5.61. The highest BCUT2D eigenvalue weighted by molar-refractivity contribution is 5.88. The van der Waals surface area contributed by atoms with Crippen LogP contribution in [-0.4, -0.2) is 19.1 Å². The molecule has 0 saturated carbocycles. The van der Waals surface area contributed by atoms with Gasteiger partial charge >= 0.3 is 0 Å². The van der Waals surface area contributed by atoms with E-state index in [0.29, 0.717) is 0 Å². The van der Waals surface area contributed by atoms with Crippen molar-refractivity contribution in [2.45, 2.75) is 38.6 Å². The summed E-state index contributed by atoms with van der Waals surface area (Å²) >= 11 is 0. The van der Waals surface area contributed by atoms with Gasteiger partial charge in [-0.1, -0.05) is 24.3 Å². The van der Waals surface area contributed by atoms with Gasteiger partial charge in [-0.15, -0.1) is 0 Å². The topological polar surface area (TPSA) is 51.5 Å². The lowest BCUT2D eigenvalue weighted by molar-refractivity contribution is -0.122. The highest BCUT2D eigenvalue weighted by Crippen LogP contribution is 2.25. The van der Waals surface area contributed by atoms with Crippen LogP contribution in [0.3, 0.4) is 0 Å². The second-order valence-electron chi connectivity index (χ2n) is 6.72. The average molecular weight is 351 g/mol. The summed E-state index contributed by atoms with van der Waals surface area (Å²) in [6.07, 6.45) is 3.35. The summed E-state index contributed by atoms with van der Waals surface area (Å²) in [5.41, 5.74) is 1.01. The van der Waals surface area contributed by atoms with Crippen LogP contribution in [0.5, 0.6) is 5.75 Å². The van der Waals surface area contributed by atoms with Gasteiger partial charge in [-0.3, -0.25) is 4.79 Å². The molecule has 1 amide bonds. The highest BCUT2D eigenvalue weighted by atomic mass is 16.5. The molecule has 0 bridgehead atoms. The van der Waals surface area contributed by atoms with Crippen molar-refractivity contribution in [3.8, 4) is 5.75 Å². The van der Waals surface area contributed by atoms with Crippen LogP contribution in [0.15, 0.2) is 59.2 Å². The lowest BCUT2D eigenvalue weighted by Crippen LogP contribution is -2.35. The molecule has 1 N–H and O–H groups in total. The Hall–Kier alpha value is -2.75. The lowest BCUT2D eigenvalue weighted by atomic mass is 9.96. The second-order valence-corrected chi connectivity index (χ2v) is 6.72. The van der Waals surface area contributed by atoms with Gasteiger partial charge in [0.2, 0.25) is 5.91 Å². The number of hydrogen-bond donors (Lipinski definition) is 1. The summed E-state index contributed by atoms with van der Waals surface area (Å²) in [5.74, 6) is 1.63. The number of hydrogen-bond acceptors (Lipinski definition) is 3. The van der Waals surface area contributed by atoms with Crippen molar-refractivity contribution in [1.82, 2.24) is 5.32 Å². The molecule has 4 heteroatoms. The molecule has 136 valence electrons. The van der Waals surface area contributed by atoms with Crippen LogP contribution in [0, 0.1) is 0 Å². The Morgan fingerprint density at radius 3 is 2.62 bits per heavy atom. The van der Waals surface area contributed by atoms with E-state index in [1.807, 2.05) is 56.3 Å². The van der Waals surface area contributed by atoms with Crippen LogP contribution in [0.1, 0.15) is 37.5 Å². The summed E-state index contributed by atoms with van der Waals surface area (Å²) < 4.78 is 10.6. The number of benzene rings is 2. The molecule has 0 spiro atoms. The minimum Gasteiger partial charge on any atom is -0.497 e. The van der Waals surface area contributed by atoms with Crippen molar-refractivity contribution in [3.05, 3.63) is 66.1 Å². The third-order valence-corrected chi connectivity index (χ3v) is 4.76. The van der Waals surface area contributed by atoms with Crippen molar-refractivity contribution in [3.63, 3.8) is 0 Å². The standard InChI is InChI=1S/C22H25NO3/c1-15(6-10-20-5-4-12-26-20)23-22(24)16(2)17-7-8-19-14-21(25-3)11-9-18(19)13-17/h4-5,7-9,11-16H,6,10H2,1-3H3,(H,23,24)/t15?,16-/m0/s1. The Morgan fingerprint density at radius 1 is 1.12 bits per heavy atom. The SMILES string of the molecule is COc1ccc2cc([C@H](C)C(=O)NC(C)CCc3ccco3)ccc2c1. The molecule has 1 aromatic heterocycles.